The highest BCUT2D eigenvalue weighted by Crippen LogP contribution is 2.57. The summed E-state index contributed by atoms with van der Waals surface area (Å²) in [6.45, 7) is 0. The van der Waals surface area contributed by atoms with E-state index in [0.29, 0.717) is 22.2 Å². The van der Waals surface area contributed by atoms with Crippen molar-refractivity contribution in [2.24, 2.45) is 0 Å². The van der Waals surface area contributed by atoms with E-state index in [9.17, 15) is 10.5 Å². The van der Waals surface area contributed by atoms with Gasteiger partial charge in [-0.25, -0.2) is 9.97 Å². The molecule has 0 unspecified atom stereocenters. The first-order valence-electron chi connectivity index (χ1n) is 17.9. The van der Waals surface area contributed by atoms with Crippen LogP contribution in [0.5, 0.6) is 0 Å². The molecule has 11 rings (SSSR count). The Kier molecular flexibility index (Phi) is 7.28. The molecule has 6 heteroatoms. The average Bonchev–Trinajstić information content (AvgIpc) is 3.24. The second-order valence-electron chi connectivity index (χ2n) is 13.6. The molecule has 6 nitrogen and oxygen atoms in total. The smallest absolute Gasteiger partial charge is 0.101 e. The largest absolute Gasteiger partial charge is 0.310 e. The second-order valence-corrected chi connectivity index (χ2v) is 13.6. The van der Waals surface area contributed by atoms with Crippen molar-refractivity contribution >= 4 is 45.2 Å². The Balaban J connectivity index is 1.20. The molecule has 0 fully saturated rings. The van der Waals surface area contributed by atoms with Crippen LogP contribution in [0.2, 0.25) is 0 Å². The van der Waals surface area contributed by atoms with Gasteiger partial charge < -0.3 is 9.80 Å². The van der Waals surface area contributed by atoms with Crippen LogP contribution in [-0.2, 0) is 0 Å². The summed E-state index contributed by atoms with van der Waals surface area (Å²) >= 11 is 0. The lowest BCUT2D eigenvalue weighted by Crippen LogP contribution is -2.30. The first-order chi connectivity index (χ1) is 26.7. The van der Waals surface area contributed by atoms with Gasteiger partial charge in [-0.05, 0) is 107 Å². The summed E-state index contributed by atoms with van der Waals surface area (Å²) in [5.74, 6) is -0.394. The zero-order valence-electron chi connectivity index (χ0n) is 29.0. The van der Waals surface area contributed by atoms with Crippen molar-refractivity contribution in [2.75, 3.05) is 9.80 Å². The standard InChI is InChI=1S/C48H30N6/c49-29-31-25-43-44(26-32(31)30-50)52-48-46-39-23-21-37(53(33-13-5-1-6-14-33)34-15-7-2-8-16-34)27-41(39)45(47(48)51-43)40-24-22-38(28-42(40)46)54(35-17-9-3-10-18-35)36-19-11-4-12-20-36/h1-28,45-46H/t45-,46-/m1/s1. The Bertz CT molecular complexity index is 2530. The summed E-state index contributed by atoms with van der Waals surface area (Å²) in [5, 5.41) is 19.7. The number of fused-ring (bicyclic) bond motifs is 1. The molecule has 2 atom stereocenters. The van der Waals surface area contributed by atoms with Crippen LogP contribution in [0.25, 0.3) is 11.0 Å². The number of benzene rings is 7. The summed E-state index contributed by atoms with van der Waals surface area (Å²) in [7, 11) is 0. The maximum Gasteiger partial charge on any atom is 0.101 e. The summed E-state index contributed by atoms with van der Waals surface area (Å²) in [4.78, 5) is 15.1. The van der Waals surface area contributed by atoms with Crippen LogP contribution in [-0.4, -0.2) is 9.97 Å². The molecule has 0 saturated carbocycles. The van der Waals surface area contributed by atoms with Gasteiger partial charge in [0.15, 0.2) is 0 Å². The number of para-hydroxylation sites is 4. The van der Waals surface area contributed by atoms with Crippen LogP contribution in [0.15, 0.2) is 170 Å². The fourth-order valence-electron chi connectivity index (χ4n) is 8.30. The van der Waals surface area contributed by atoms with E-state index in [1.54, 1.807) is 12.1 Å². The molecule has 0 spiro atoms. The van der Waals surface area contributed by atoms with E-state index < -0.39 is 0 Å². The minimum absolute atomic E-state index is 0.197. The summed E-state index contributed by atoms with van der Waals surface area (Å²) < 4.78 is 0. The molecule has 54 heavy (non-hydrogen) atoms. The number of aromatic nitrogens is 2. The van der Waals surface area contributed by atoms with Crippen molar-refractivity contribution < 1.29 is 0 Å². The fourth-order valence-corrected chi connectivity index (χ4v) is 8.30. The number of nitrogens with zero attached hydrogens (tertiary/aromatic N) is 6. The molecule has 8 aromatic rings. The van der Waals surface area contributed by atoms with Gasteiger partial charge >= 0.3 is 0 Å². The molecule has 3 aliphatic carbocycles. The Morgan fingerprint density at radius 3 is 1.02 bits per heavy atom. The number of nitriles is 2. The quantitative estimate of drug-likeness (QED) is 0.173. The molecular weight excluding hydrogens is 661 g/mol. The van der Waals surface area contributed by atoms with Gasteiger partial charge in [-0.15, -0.1) is 0 Å². The van der Waals surface area contributed by atoms with E-state index in [2.05, 4.69) is 155 Å². The second kappa shape index (κ2) is 12.6. The zero-order chi connectivity index (χ0) is 36.2. The monoisotopic (exact) mass is 690 g/mol. The molecule has 0 saturated heterocycles. The number of hydrogen-bond donors (Lipinski definition) is 0. The van der Waals surface area contributed by atoms with Crippen LogP contribution >= 0.6 is 0 Å². The first-order valence-corrected chi connectivity index (χ1v) is 17.9. The summed E-state index contributed by atoms with van der Waals surface area (Å²) in [6.07, 6.45) is 0. The maximum atomic E-state index is 9.86. The molecule has 0 N–H and O–H groups in total. The highest BCUT2D eigenvalue weighted by atomic mass is 15.1. The highest BCUT2D eigenvalue weighted by Gasteiger charge is 2.44. The lowest BCUT2D eigenvalue weighted by atomic mass is 9.64. The normalized spacial score (nSPS) is 14.6. The van der Waals surface area contributed by atoms with Crippen LogP contribution in [0.3, 0.4) is 0 Å². The molecule has 7 aromatic carbocycles. The molecule has 3 aliphatic rings. The minimum Gasteiger partial charge on any atom is -0.310 e. The van der Waals surface area contributed by atoms with Crippen molar-refractivity contribution in [3.8, 4) is 12.1 Å². The Morgan fingerprint density at radius 2 is 0.704 bits per heavy atom. The highest BCUT2D eigenvalue weighted by molar-refractivity contribution is 5.84. The maximum absolute atomic E-state index is 9.86. The first kappa shape index (κ1) is 31.2. The van der Waals surface area contributed by atoms with E-state index in [0.717, 1.165) is 45.5 Å². The van der Waals surface area contributed by atoms with E-state index >= 15 is 0 Å². The van der Waals surface area contributed by atoms with Crippen LogP contribution < -0.4 is 9.80 Å². The van der Waals surface area contributed by atoms with Gasteiger partial charge in [0.2, 0.25) is 0 Å². The van der Waals surface area contributed by atoms with Crippen LogP contribution in [0.4, 0.5) is 34.1 Å². The number of hydrogen-bond acceptors (Lipinski definition) is 6. The topological polar surface area (TPSA) is 79.8 Å². The van der Waals surface area contributed by atoms with Gasteiger partial charge in [-0.1, -0.05) is 84.9 Å². The Morgan fingerprint density at radius 1 is 0.370 bits per heavy atom. The molecule has 0 amide bonds. The third-order valence-electron chi connectivity index (χ3n) is 10.6. The van der Waals surface area contributed by atoms with Crippen molar-refractivity contribution in [1.29, 1.82) is 10.5 Å². The number of rotatable bonds is 6. The number of anilines is 6. The molecule has 0 aliphatic heterocycles. The Hall–Kier alpha value is -7.54. The van der Waals surface area contributed by atoms with Gasteiger partial charge in [0, 0.05) is 34.1 Å². The van der Waals surface area contributed by atoms with Crippen LogP contribution in [0.1, 0.15) is 56.6 Å². The minimum atomic E-state index is -0.197. The third-order valence-corrected chi connectivity index (χ3v) is 10.6. The SMILES string of the molecule is N#Cc1cc2nc3c(nc2cc1C#N)[C@@H]1c2ccc(N(c4ccccc4)c4ccccc4)cc2[C@H]3c2ccc(N(c3ccccc3)c3ccccc3)cc21. The van der Waals surface area contributed by atoms with Crippen molar-refractivity contribution in [1.82, 2.24) is 9.97 Å². The predicted octanol–water partition coefficient (Wildman–Crippen LogP) is 11.3. The van der Waals surface area contributed by atoms with Gasteiger partial charge in [0.05, 0.1) is 45.4 Å². The zero-order valence-corrected chi connectivity index (χ0v) is 29.0. The van der Waals surface area contributed by atoms with E-state index in [1.165, 1.54) is 22.3 Å². The van der Waals surface area contributed by atoms with Gasteiger partial charge in [-0.3, -0.25) is 0 Å². The average molecular weight is 691 g/mol. The Labute approximate surface area is 313 Å². The fraction of sp³-hybridized carbons (Fsp3) is 0.0417. The molecule has 1 heterocycles. The van der Waals surface area contributed by atoms with Crippen molar-refractivity contribution in [3.63, 3.8) is 0 Å². The van der Waals surface area contributed by atoms with Gasteiger partial charge in [0.25, 0.3) is 0 Å². The van der Waals surface area contributed by atoms with Gasteiger partial charge in [-0.2, -0.15) is 10.5 Å². The van der Waals surface area contributed by atoms with Gasteiger partial charge in [0.1, 0.15) is 12.1 Å². The van der Waals surface area contributed by atoms with Crippen molar-refractivity contribution in [3.05, 3.63) is 215 Å². The third kappa shape index (κ3) is 4.93. The molecular formula is C48H30N6. The molecule has 0 radical (unpaired) electrons. The van der Waals surface area contributed by atoms with Crippen LogP contribution in [0, 0.1) is 22.7 Å². The lowest BCUT2D eigenvalue weighted by molar-refractivity contribution is 0.709. The lowest BCUT2D eigenvalue weighted by Gasteiger charge is -2.42. The predicted molar refractivity (Wildman–Crippen MR) is 213 cm³/mol. The van der Waals surface area contributed by atoms with Crippen molar-refractivity contribution in [2.45, 2.75) is 11.8 Å². The molecule has 252 valence electrons. The van der Waals surface area contributed by atoms with E-state index in [4.69, 9.17) is 9.97 Å². The molecule has 2 bridgehead atoms. The summed E-state index contributed by atoms with van der Waals surface area (Å²) in [5.41, 5.74) is 14.7. The summed E-state index contributed by atoms with van der Waals surface area (Å²) in [6, 6.07) is 63.1. The van der Waals surface area contributed by atoms with E-state index in [-0.39, 0.29) is 11.8 Å². The molecule has 1 aromatic heterocycles. The van der Waals surface area contributed by atoms with E-state index in [1.807, 2.05) is 24.3 Å².